The Morgan fingerprint density at radius 1 is 1.26 bits per heavy atom. The van der Waals surface area contributed by atoms with Crippen LogP contribution < -0.4 is 5.73 Å². The third kappa shape index (κ3) is 2.31. The summed E-state index contributed by atoms with van der Waals surface area (Å²) in [6, 6.07) is 10.0. The first-order valence-corrected chi connectivity index (χ1v) is 7.52. The molecule has 19 heavy (non-hydrogen) atoms. The summed E-state index contributed by atoms with van der Waals surface area (Å²) < 4.78 is 0. The number of nitrogens with zero attached hydrogens (tertiary/aromatic N) is 2. The van der Waals surface area contributed by atoms with Crippen LogP contribution in [0.3, 0.4) is 0 Å². The molecule has 3 atom stereocenters. The molecule has 0 bridgehead atoms. The average molecular weight is 259 g/mol. The van der Waals surface area contributed by atoms with Crippen LogP contribution in [0.25, 0.3) is 0 Å². The quantitative estimate of drug-likeness (QED) is 0.876. The Balaban J connectivity index is 1.72. The van der Waals surface area contributed by atoms with Crippen molar-refractivity contribution in [3.63, 3.8) is 0 Å². The van der Waals surface area contributed by atoms with Crippen LogP contribution in [0, 0.1) is 0 Å². The van der Waals surface area contributed by atoms with E-state index in [0.717, 1.165) is 26.1 Å². The highest BCUT2D eigenvalue weighted by Crippen LogP contribution is 2.33. The number of nitrogens with two attached hydrogens (primary N) is 1. The van der Waals surface area contributed by atoms with E-state index in [2.05, 4.69) is 47.9 Å². The summed E-state index contributed by atoms with van der Waals surface area (Å²) in [5.41, 5.74) is 9.29. The normalized spacial score (nSPS) is 32.5. The summed E-state index contributed by atoms with van der Waals surface area (Å²) in [4.78, 5) is 5.17. The molecule has 0 spiro atoms. The lowest BCUT2D eigenvalue weighted by atomic mass is 10.0. The summed E-state index contributed by atoms with van der Waals surface area (Å²) >= 11 is 0. The first kappa shape index (κ1) is 13.1. The zero-order valence-corrected chi connectivity index (χ0v) is 12.0. The molecule has 3 unspecified atom stereocenters. The first-order valence-electron chi connectivity index (χ1n) is 7.52. The topological polar surface area (TPSA) is 32.5 Å². The van der Waals surface area contributed by atoms with Crippen LogP contribution in [0.2, 0.25) is 0 Å². The summed E-state index contributed by atoms with van der Waals surface area (Å²) in [6.07, 6.45) is 1.12. The lowest BCUT2D eigenvalue weighted by Crippen LogP contribution is -2.56. The zero-order chi connectivity index (χ0) is 13.4. The molecule has 0 radical (unpaired) electrons. The highest BCUT2D eigenvalue weighted by Gasteiger charge is 2.36. The Labute approximate surface area is 116 Å². The molecule has 104 valence electrons. The van der Waals surface area contributed by atoms with Crippen molar-refractivity contribution in [2.45, 2.75) is 38.4 Å². The Bertz CT molecular complexity index is 445. The second-order valence-electron chi connectivity index (χ2n) is 5.97. The largest absolute Gasteiger partial charge is 0.323 e. The fourth-order valence-electron chi connectivity index (χ4n) is 3.76. The molecule has 0 saturated carbocycles. The van der Waals surface area contributed by atoms with E-state index in [4.69, 9.17) is 5.73 Å². The van der Waals surface area contributed by atoms with Gasteiger partial charge in [-0.1, -0.05) is 31.2 Å². The Hall–Kier alpha value is -0.900. The van der Waals surface area contributed by atoms with Crippen LogP contribution in [0.4, 0.5) is 0 Å². The third-order valence-electron chi connectivity index (χ3n) is 4.93. The number of piperazine rings is 1. The molecular formula is C16H25N3. The molecule has 2 N–H and O–H groups in total. The average Bonchev–Trinajstić information content (AvgIpc) is 2.77. The maximum absolute atomic E-state index is 6.48. The molecule has 0 amide bonds. The molecule has 3 nitrogen and oxygen atoms in total. The van der Waals surface area contributed by atoms with Crippen molar-refractivity contribution in [3.05, 3.63) is 35.4 Å². The molecule has 3 heteroatoms. The maximum atomic E-state index is 6.48. The van der Waals surface area contributed by atoms with E-state index in [1.165, 1.54) is 17.7 Å². The molecule has 1 aromatic rings. The molecule has 1 aromatic carbocycles. The summed E-state index contributed by atoms with van der Waals surface area (Å²) in [6.45, 7) is 9.24. The minimum Gasteiger partial charge on any atom is -0.323 e. The number of hydrogen-bond donors (Lipinski definition) is 1. The predicted octanol–water partition coefficient (Wildman–Crippen LogP) is 1.64. The van der Waals surface area contributed by atoms with Gasteiger partial charge in [0.05, 0.1) is 0 Å². The summed E-state index contributed by atoms with van der Waals surface area (Å²) in [7, 11) is 0. The maximum Gasteiger partial charge on any atom is 0.0459 e. The molecule has 1 aliphatic heterocycles. The zero-order valence-electron chi connectivity index (χ0n) is 12.0. The summed E-state index contributed by atoms with van der Waals surface area (Å²) in [5, 5.41) is 0. The smallest absolute Gasteiger partial charge is 0.0459 e. The molecule has 0 aromatic heterocycles. The Kier molecular flexibility index (Phi) is 3.61. The van der Waals surface area contributed by atoms with Crippen molar-refractivity contribution in [1.29, 1.82) is 0 Å². The van der Waals surface area contributed by atoms with Gasteiger partial charge in [-0.15, -0.1) is 0 Å². The summed E-state index contributed by atoms with van der Waals surface area (Å²) in [5.74, 6) is 0. The van der Waals surface area contributed by atoms with Gasteiger partial charge in [-0.2, -0.15) is 0 Å². The highest BCUT2D eigenvalue weighted by atomic mass is 15.3. The van der Waals surface area contributed by atoms with Gasteiger partial charge in [0.2, 0.25) is 0 Å². The first-order chi connectivity index (χ1) is 9.20. The van der Waals surface area contributed by atoms with E-state index in [0.29, 0.717) is 12.1 Å². The van der Waals surface area contributed by atoms with E-state index in [1.807, 2.05) is 0 Å². The van der Waals surface area contributed by atoms with Gasteiger partial charge in [0.25, 0.3) is 0 Å². The van der Waals surface area contributed by atoms with E-state index in [9.17, 15) is 0 Å². The van der Waals surface area contributed by atoms with Gasteiger partial charge < -0.3 is 5.73 Å². The molecule has 2 aliphatic rings. The number of benzene rings is 1. The fourth-order valence-corrected chi connectivity index (χ4v) is 3.76. The van der Waals surface area contributed by atoms with Crippen LogP contribution in [-0.2, 0) is 6.42 Å². The van der Waals surface area contributed by atoms with Gasteiger partial charge in [-0.05, 0) is 31.0 Å². The number of rotatable bonds is 2. The molecule has 1 fully saturated rings. The van der Waals surface area contributed by atoms with Gasteiger partial charge in [-0.3, -0.25) is 9.80 Å². The monoisotopic (exact) mass is 259 g/mol. The minimum atomic E-state index is 0.191. The Morgan fingerprint density at radius 3 is 2.74 bits per heavy atom. The highest BCUT2D eigenvalue weighted by molar-refractivity contribution is 5.37. The predicted molar refractivity (Wildman–Crippen MR) is 79.1 cm³/mol. The van der Waals surface area contributed by atoms with Crippen molar-refractivity contribution in [3.8, 4) is 0 Å². The van der Waals surface area contributed by atoms with Gasteiger partial charge in [0.15, 0.2) is 0 Å². The second-order valence-corrected chi connectivity index (χ2v) is 5.97. The van der Waals surface area contributed by atoms with Crippen LogP contribution in [0.1, 0.15) is 31.0 Å². The number of hydrogen-bond acceptors (Lipinski definition) is 3. The van der Waals surface area contributed by atoms with E-state index >= 15 is 0 Å². The number of likely N-dealkylation sites (N-methyl/N-ethyl adjacent to an activating group) is 1. The second kappa shape index (κ2) is 5.23. The number of fused-ring (bicyclic) bond motifs is 1. The van der Waals surface area contributed by atoms with Gasteiger partial charge in [0.1, 0.15) is 0 Å². The molecule has 3 rings (SSSR count). The van der Waals surface area contributed by atoms with Gasteiger partial charge in [-0.25, -0.2) is 0 Å². The van der Waals surface area contributed by atoms with Crippen LogP contribution in [0.15, 0.2) is 24.3 Å². The Morgan fingerprint density at radius 2 is 2.05 bits per heavy atom. The van der Waals surface area contributed by atoms with Crippen molar-refractivity contribution in [2.24, 2.45) is 5.73 Å². The molecular weight excluding hydrogens is 234 g/mol. The van der Waals surface area contributed by atoms with Crippen molar-refractivity contribution < 1.29 is 0 Å². The lowest BCUT2D eigenvalue weighted by Gasteiger charge is -2.43. The van der Waals surface area contributed by atoms with E-state index in [1.54, 1.807) is 0 Å². The van der Waals surface area contributed by atoms with Crippen molar-refractivity contribution >= 4 is 0 Å². The molecule has 1 saturated heterocycles. The van der Waals surface area contributed by atoms with Crippen molar-refractivity contribution in [1.82, 2.24) is 9.80 Å². The van der Waals surface area contributed by atoms with Crippen LogP contribution in [-0.4, -0.2) is 48.1 Å². The van der Waals surface area contributed by atoms with Gasteiger partial charge in [0, 0.05) is 37.8 Å². The molecule has 1 heterocycles. The third-order valence-corrected chi connectivity index (χ3v) is 4.93. The van der Waals surface area contributed by atoms with Crippen molar-refractivity contribution in [2.75, 3.05) is 26.2 Å². The molecule has 1 aliphatic carbocycles. The standard InChI is InChI=1S/C16H25N3/c1-3-18-8-9-19(11-12(18)2)15-10-13-6-4-5-7-14(13)16(15)17/h4-7,12,15-16H,3,8-11,17H2,1-2H3. The van der Waals surface area contributed by atoms with Crippen LogP contribution in [0.5, 0.6) is 0 Å². The fraction of sp³-hybridized carbons (Fsp3) is 0.625. The van der Waals surface area contributed by atoms with Crippen LogP contribution >= 0.6 is 0 Å². The van der Waals surface area contributed by atoms with E-state index < -0.39 is 0 Å². The van der Waals surface area contributed by atoms with Gasteiger partial charge >= 0.3 is 0 Å². The van der Waals surface area contributed by atoms with E-state index in [-0.39, 0.29) is 6.04 Å². The SMILES string of the molecule is CCN1CCN(C2Cc3ccccc3C2N)CC1C. The lowest BCUT2D eigenvalue weighted by molar-refractivity contribution is 0.0540. The minimum absolute atomic E-state index is 0.191.